The zero-order valence-electron chi connectivity index (χ0n) is 19.6. The second-order valence-corrected chi connectivity index (χ2v) is 11.3. The van der Waals surface area contributed by atoms with Crippen LogP contribution in [0, 0.1) is 0 Å². The van der Waals surface area contributed by atoms with E-state index in [1.54, 1.807) is 24.4 Å². The van der Waals surface area contributed by atoms with Gasteiger partial charge in [-0.15, -0.1) is 0 Å². The van der Waals surface area contributed by atoms with E-state index in [2.05, 4.69) is 36.3 Å². The van der Waals surface area contributed by atoms with E-state index in [9.17, 15) is 13.2 Å². The Labute approximate surface area is 200 Å². The number of sulfone groups is 1. The maximum absolute atomic E-state index is 13.3. The number of anilines is 1. The van der Waals surface area contributed by atoms with Crippen LogP contribution in [0.5, 0.6) is 0 Å². The van der Waals surface area contributed by atoms with E-state index in [-0.39, 0.29) is 16.2 Å². The Bertz CT molecular complexity index is 1430. The topological polar surface area (TPSA) is 91.9 Å². The van der Waals surface area contributed by atoms with Crippen LogP contribution in [0.1, 0.15) is 36.7 Å². The summed E-state index contributed by atoms with van der Waals surface area (Å²) in [4.78, 5) is 13.5. The highest BCUT2D eigenvalue weighted by molar-refractivity contribution is 7.90. The molecule has 0 saturated carbocycles. The third kappa shape index (κ3) is 5.10. The highest BCUT2D eigenvalue weighted by Gasteiger charge is 2.19. The van der Waals surface area contributed by atoms with Gasteiger partial charge in [-0.2, -0.15) is 5.10 Å². The van der Waals surface area contributed by atoms with Gasteiger partial charge in [-0.05, 0) is 58.5 Å². The van der Waals surface area contributed by atoms with Crippen molar-refractivity contribution in [3.05, 3.63) is 90.1 Å². The van der Waals surface area contributed by atoms with Crippen LogP contribution >= 0.6 is 0 Å². The van der Waals surface area contributed by atoms with E-state index in [4.69, 9.17) is 0 Å². The molecule has 0 fully saturated rings. The minimum absolute atomic E-state index is 0.0208. The van der Waals surface area contributed by atoms with Gasteiger partial charge in [-0.25, -0.2) is 8.42 Å². The first kappa shape index (κ1) is 23.4. The molecule has 4 aromatic rings. The molecule has 0 atom stereocenters. The highest BCUT2D eigenvalue weighted by atomic mass is 32.2. The number of nitrogens with zero attached hydrogens (tertiary/aromatic N) is 1. The summed E-state index contributed by atoms with van der Waals surface area (Å²) in [6.45, 7) is 6.38. The van der Waals surface area contributed by atoms with Gasteiger partial charge in [0.1, 0.15) is 0 Å². The monoisotopic (exact) mass is 473 g/mol. The van der Waals surface area contributed by atoms with E-state index in [1.165, 1.54) is 6.07 Å². The maximum atomic E-state index is 13.3. The molecule has 6 nitrogen and oxygen atoms in total. The Balaban J connectivity index is 1.73. The Hall–Kier alpha value is -3.71. The molecule has 174 valence electrons. The van der Waals surface area contributed by atoms with Crippen LogP contribution in [0.3, 0.4) is 0 Å². The molecule has 0 radical (unpaired) electrons. The number of amides is 1. The van der Waals surface area contributed by atoms with Crippen LogP contribution in [0.4, 0.5) is 5.69 Å². The van der Waals surface area contributed by atoms with Crippen molar-refractivity contribution in [3.8, 4) is 22.4 Å². The number of nitrogens with one attached hydrogen (secondary N) is 2. The molecular formula is C27H27N3O3S. The number of hydrogen-bond donors (Lipinski definition) is 2. The minimum atomic E-state index is -3.44. The smallest absolute Gasteiger partial charge is 0.256 e. The first-order valence-corrected chi connectivity index (χ1v) is 12.8. The number of aromatic nitrogens is 2. The Morgan fingerprint density at radius 3 is 2.26 bits per heavy atom. The standard InChI is InChI=1S/C27H27N3O3S/c1-27(2,3)20-10-8-18(9-11-20)24-17-22(34(4,32)33)12-13-23(24)26(31)29-21-7-5-6-19(16-21)25-14-15-28-30-25/h5-17H,1-4H3,(H,28,30)(H,29,31). The largest absolute Gasteiger partial charge is 0.322 e. The van der Waals surface area contributed by atoms with Crippen LogP contribution in [0.25, 0.3) is 22.4 Å². The van der Waals surface area contributed by atoms with Crippen LogP contribution in [0.15, 0.2) is 83.9 Å². The molecule has 0 spiro atoms. The van der Waals surface area contributed by atoms with Crippen molar-refractivity contribution >= 4 is 21.4 Å². The molecule has 2 N–H and O–H groups in total. The van der Waals surface area contributed by atoms with Gasteiger partial charge in [-0.1, -0.05) is 57.2 Å². The van der Waals surface area contributed by atoms with Crippen LogP contribution in [-0.2, 0) is 15.3 Å². The van der Waals surface area contributed by atoms with Crippen molar-refractivity contribution in [2.75, 3.05) is 11.6 Å². The first-order chi connectivity index (χ1) is 16.0. The van der Waals surface area contributed by atoms with E-state index in [1.807, 2.05) is 48.5 Å². The minimum Gasteiger partial charge on any atom is -0.322 e. The summed E-state index contributed by atoms with van der Waals surface area (Å²) in [5.74, 6) is -0.322. The fourth-order valence-corrected chi connectivity index (χ4v) is 4.37. The molecule has 0 bridgehead atoms. The highest BCUT2D eigenvalue weighted by Crippen LogP contribution is 2.31. The summed E-state index contributed by atoms with van der Waals surface area (Å²) in [5, 5.41) is 9.82. The number of aromatic amines is 1. The van der Waals surface area contributed by atoms with Gasteiger partial charge in [0, 0.05) is 29.3 Å². The lowest BCUT2D eigenvalue weighted by Gasteiger charge is -2.19. The predicted molar refractivity (Wildman–Crippen MR) is 136 cm³/mol. The van der Waals surface area contributed by atoms with E-state index < -0.39 is 9.84 Å². The Morgan fingerprint density at radius 1 is 0.912 bits per heavy atom. The molecular weight excluding hydrogens is 446 g/mol. The van der Waals surface area contributed by atoms with Crippen molar-refractivity contribution in [3.63, 3.8) is 0 Å². The molecule has 34 heavy (non-hydrogen) atoms. The normalized spacial score (nSPS) is 11.9. The molecule has 1 aromatic heterocycles. The second kappa shape index (κ2) is 8.91. The molecule has 0 aliphatic carbocycles. The first-order valence-electron chi connectivity index (χ1n) is 10.9. The lowest BCUT2D eigenvalue weighted by atomic mass is 9.86. The summed E-state index contributed by atoms with van der Waals surface area (Å²) < 4.78 is 24.4. The van der Waals surface area contributed by atoms with Crippen molar-refractivity contribution < 1.29 is 13.2 Å². The summed E-state index contributed by atoms with van der Waals surface area (Å²) >= 11 is 0. The molecule has 0 unspecified atom stereocenters. The molecule has 0 saturated heterocycles. The summed E-state index contributed by atoms with van der Waals surface area (Å²) in [6.07, 6.45) is 2.83. The van der Waals surface area contributed by atoms with Gasteiger partial charge < -0.3 is 5.32 Å². The van der Waals surface area contributed by atoms with E-state index >= 15 is 0 Å². The summed E-state index contributed by atoms with van der Waals surface area (Å²) in [7, 11) is -3.44. The van der Waals surface area contributed by atoms with Crippen molar-refractivity contribution in [2.24, 2.45) is 0 Å². The van der Waals surface area contributed by atoms with Crippen molar-refractivity contribution in [1.82, 2.24) is 10.2 Å². The lowest BCUT2D eigenvalue weighted by Crippen LogP contribution is -2.14. The molecule has 4 rings (SSSR count). The van der Waals surface area contributed by atoms with Crippen LogP contribution in [0.2, 0.25) is 0 Å². The lowest BCUT2D eigenvalue weighted by molar-refractivity contribution is 0.102. The fourth-order valence-electron chi connectivity index (χ4n) is 3.72. The van der Waals surface area contributed by atoms with Gasteiger partial charge in [0.25, 0.3) is 5.91 Å². The SMILES string of the molecule is CC(C)(C)c1ccc(-c2cc(S(C)(=O)=O)ccc2C(=O)Nc2cccc(-c3ccn[nH]3)c2)cc1. The molecule has 3 aromatic carbocycles. The van der Waals surface area contributed by atoms with Crippen molar-refractivity contribution in [2.45, 2.75) is 31.1 Å². The van der Waals surface area contributed by atoms with Gasteiger partial charge in [-0.3, -0.25) is 9.89 Å². The number of hydrogen-bond acceptors (Lipinski definition) is 4. The van der Waals surface area contributed by atoms with Crippen LogP contribution < -0.4 is 5.32 Å². The second-order valence-electron chi connectivity index (χ2n) is 9.31. The zero-order chi connectivity index (χ0) is 24.5. The molecule has 1 heterocycles. The van der Waals surface area contributed by atoms with E-state index in [0.29, 0.717) is 16.8 Å². The quantitative estimate of drug-likeness (QED) is 0.389. The number of carbonyl (C=O) groups excluding carboxylic acids is 1. The van der Waals surface area contributed by atoms with E-state index in [0.717, 1.165) is 28.6 Å². The average Bonchev–Trinajstić information content (AvgIpc) is 3.33. The van der Waals surface area contributed by atoms with Gasteiger partial charge in [0.15, 0.2) is 9.84 Å². The number of benzene rings is 3. The maximum Gasteiger partial charge on any atom is 0.256 e. The average molecular weight is 474 g/mol. The number of carbonyl (C=O) groups is 1. The molecule has 7 heteroatoms. The van der Waals surface area contributed by atoms with Crippen molar-refractivity contribution in [1.29, 1.82) is 0 Å². The number of H-pyrrole nitrogens is 1. The van der Waals surface area contributed by atoms with Crippen LogP contribution in [-0.4, -0.2) is 30.8 Å². The molecule has 0 aliphatic heterocycles. The molecule has 1 amide bonds. The summed E-state index contributed by atoms with van der Waals surface area (Å²) in [6, 6.07) is 21.8. The van der Waals surface area contributed by atoms with Gasteiger partial charge >= 0.3 is 0 Å². The number of rotatable bonds is 5. The fraction of sp³-hybridized carbons (Fsp3) is 0.185. The Kier molecular flexibility index (Phi) is 6.15. The predicted octanol–water partition coefficient (Wildman–Crippen LogP) is 5.70. The molecule has 0 aliphatic rings. The summed E-state index contributed by atoms with van der Waals surface area (Å²) in [5.41, 5.74) is 5.21. The third-order valence-corrected chi connectivity index (χ3v) is 6.77. The van der Waals surface area contributed by atoms with Gasteiger partial charge in [0.2, 0.25) is 0 Å². The van der Waals surface area contributed by atoms with Gasteiger partial charge in [0.05, 0.1) is 10.6 Å². The third-order valence-electron chi connectivity index (χ3n) is 5.66. The zero-order valence-corrected chi connectivity index (χ0v) is 20.4. The Morgan fingerprint density at radius 2 is 1.65 bits per heavy atom.